The lowest BCUT2D eigenvalue weighted by atomic mass is 10.1. The summed E-state index contributed by atoms with van der Waals surface area (Å²) in [4.78, 5) is 27.8. The second kappa shape index (κ2) is 8.71. The summed E-state index contributed by atoms with van der Waals surface area (Å²) in [6.45, 7) is 1.05. The normalized spacial score (nSPS) is 11.4. The summed E-state index contributed by atoms with van der Waals surface area (Å²) in [6.07, 6.45) is -5.06. The van der Waals surface area contributed by atoms with Gasteiger partial charge >= 0.3 is 12.1 Å². The summed E-state index contributed by atoms with van der Waals surface area (Å²) < 4.78 is 50.0. The Morgan fingerprint density at radius 3 is 2.19 bits per heavy atom. The molecular weight excluding hydrogens is 413 g/mol. The van der Waals surface area contributed by atoms with E-state index >= 15 is 0 Å². The summed E-state index contributed by atoms with van der Waals surface area (Å²) in [5, 5.41) is 0.530. The summed E-state index contributed by atoms with van der Waals surface area (Å²) in [5.41, 5.74) is 1.31. The monoisotopic (exact) mass is 434 g/mol. The average Bonchev–Trinajstić information content (AvgIpc) is 2.73. The molecule has 0 unspecified atom stereocenters. The zero-order valence-electron chi connectivity index (χ0n) is 17.2. The maximum Gasteiger partial charge on any atom is 0.471 e. The Morgan fingerprint density at radius 1 is 1.00 bits per heavy atom. The Bertz CT molecular complexity index is 1150. The molecule has 0 saturated carbocycles. The summed E-state index contributed by atoms with van der Waals surface area (Å²) in [7, 11) is 2.89. The number of alkyl halides is 3. The first kappa shape index (κ1) is 22.2. The predicted octanol–water partition coefficient (Wildman–Crippen LogP) is 3.94. The van der Waals surface area contributed by atoms with Crippen molar-refractivity contribution in [2.75, 3.05) is 14.2 Å². The number of H-pyrrole nitrogens is 1. The molecule has 0 spiro atoms. The first-order valence-electron chi connectivity index (χ1n) is 9.32. The molecule has 1 aromatic heterocycles. The molecule has 6 nitrogen and oxygen atoms in total. The van der Waals surface area contributed by atoms with Gasteiger partial charge in [0.1, 0.15) is 0 Å². The van der Waals surface area contributed by atoms with E-state index in [9.17, 15) is 22.8 Å². The molecule has 1 N–H and O–H groups in total. The van der Waals surface area contributed by atoms with Gasteiger partial charge in [0.15, 0.2) is 11.5 Å². The van der Waals surface area contributed by atoms with Crippen molar-refractivity contribution in [3.8, 4) is 11.5 Å². The van der Waals surface area contributed by atoms with E-state index in [0.717, 1.165) is 5.56 Å². The number of benzene rings is 2. The number of methoxy groups -OCH3 is 2. The number of carbonyl (C=O) groups excluding carboxylic acids is 1. The van der Waals surface area contributed by atoms with Gasteiger partial charge in [-0.2, -0.15) is 13.2 Å². The van der Waals surface area contributed by atoms with E-state index in [1.54, 1.807) is 36.4 Å². The van der Waals surface area contributed by atoms with Crippen LogP contribution in [0.1, 0.15) is 16.7 Å². The molecule has 9 heteroatoms. The number of rotatable bonds is 6. The molecule has 0 radical (unpaired) electrons. The van der Waals surface area contributed by atoms with Gasteiger partial charge in [-0.1, -0.05) is 29.8 Å². The summed E-state index contributed by atoms with van der Waals surface area (Å²) in [5.74, 6) is -1.22. The van der Waals surface area contributed by atoms with Crippen LogP contribution in [-0.2, 0) is 17.9 Å². The van der Waals surface area contributed by atoms with E-state index in [0.29, 0.717) is 32.9 Å². The lowest BCUT2D eigenvalue weighted by molar-refractivity contribution is -0.186. The van der Waals surface area contributed by atoms with E-state index < -0.39 is 24.2 Å². The number of hydrogen-bond acceptors (Lipinski definition) is 4. The van der Waals surface area contributed by atoms with Gasteiger partial charge in [-0.3, -0.25) is 9.59 Å². The van der Waals surface area contributed by atoms with Crippen molar-refractivity contribution in [3.63, 3.8) is 0 Å². The molecule has 0 bridgehead atoms. The molecule has 1 heterocycles. The zero-order chi connectivity index (χ0) is 22.8. The number of aromatic nitrogens is 1. The Balaban J connectivity index is 2.00. The van der Waals surface area contributed by atoms with Gasteiger partial charge in [-0.05, 0) is 24.6 Å². The maximum atomic E-state index is 13.2. The van der Waals surface area contributed by atoms with E-state index in [4.69, 9.17) is 9.47 Å². The number of nitrogens with zero attached hydrogens (tertiary/aromatic N) is 1. The minimum atomic E-state index is -5.06. The number of amides is 1. The standard InChI is InChI=1S/C22H21F3N2O4/c1-13-4-6-14(7-5-13)11-27(21(29)22(23,24)25)12-16-8-15-9-18(30-2)19(31-3)10-17(15)26-20(16)28/h4-10H,11-12H2,1-3H3,(H,26,28). The number of pyridine rings is 1. The third kappa shape index (κ3) is 4.99. The zero-order valence-corrected chi connectivity index (χ0v) is 17.2. The molecule has 3 aromatic rings. The minimum absolute atomic E-state index is 0.0180. The van der Waals surface area contributed by atoms with Gasteiger partial charge < -0.3 is 19.4 Å². The van der Waals surface area contributed by atoms with Crippen molar-refractivity contribution in [2.45, 2.75) is 26.2 Å². The molecule has 3 rings (SSSR count). The van der Waals surface area contributed by atoms with Crippen LogP contribution in [0.3, 0.4) is 0 Å². The molecule has 1 amide bonds. The molecule has 31 heavy (non-hydrogen) atoms. The third-order valence-electron chi connectivity index (χ3n) is 4.81. The number of halogens is 3. The molecule has 164 valence electrons. The second-order valence-electron chi connectivity index (χ2n) is 7.06. The molecule has 0 aliphatic rings. The molecule has 0 fully saturated rings. The quantitative estimate of drug-likeness (QED) is 0.638. The first-order valence-corrected chi connectivity index (χ1v) is 9.32. The fourth-order valence-electron chi connectivity index (χ4n) is 3.19. The van der Waals surface area contributed by atoms with Gasteiger partial charge in [0, 0.05) is 23.6 Å². The second-order valence-corrected chi connectivity index (χ2v) is 7.06. The van der Waals surface area contributed by atoms with Crippen LogP contribution in [0.25, 0.3) is 10.9 Å². The fraction of sp³-hybridized carbons (Fsp3) is 0.273. The third-order valence-corrected chi connectivity index (χ3v) is 4.81. The van der Waals surface area contributed by atoms with Crippen LogP contribution >= 0.6 is 0 Å². The van der Waals surface area contributed by atoms with E-state index in [1.165, 1.54) is 20.3 Å². The highest BCUT2D eigenvalue weighted by molar-refractivity contribution is 5.84. The van der Waals surface area contributed by atoms with Crippen molar-refractivity contribution in [3.05, 3.63) is 69.5 Å². The number of nitrogens with one attached hydrogen (secondary N) is 1. The largest absolute Gasteiger partial charge is 0.493 e. The van der Waals surface area contributed by atoms with Crippen molar-refractivity contribution in [2.24, 2.45) is 0 Å². The Kier molecular flexibility index (Phi) is 6.24. The average molecular weight is 434 g/mol. The topological polar surface area (TPSA) is 71.6 Å². The highest BCUT2D eigenvalue weighted by Crippen LogP contribution is 2.31. The van der Waals surface area contributed by atoms with Crippen LogP contribution in [-0.4, -0.2) is 36.2 Å². The SMILES string of the molecule is COc1cc2cc(CN(Cc3ccc(C)cc3)C(=O)C(F)(F)F)c(=O)[nH]c2cc1OC. The van der Waals surface area contributed by atoms with Gasteiger partial charge in [0.05, 0.1) is 26.3 Å². The van der Waals surface area contributed by atoms with Gasteiger partial charge in [-0.25, -0.2) is 0 Å². The lowest BCUT2D eigenvalue weighted by Gasteiger charge is -2.24. The van der Waals surface area contributed by atoms with E-state index in [2.05, 4.69) is 4.98 Å². The minimum Gasteiger partial charge on any atom is -0.493 e. The summed E-state index contributed by atoms with van der Waals surface area (Å²) >= 11 is 0. The highest BCUT2D eigenvalue weighted by Gasteiger charge is 2.42. The lowest BCUT2D eigenvalue weighted by Crippen LogP contribution is -2.41. The predicted molar refractivity (Wildman–Crippen MR) is 109 cm³/mol. The van der Waals surface area contributed by atoms with E-state index in [-0.39, 0.29) is 12.1 Å². The highest BCUT2D eigenvalue weighted by atomic mass is 19.4. The fourth-order valence-corrected chi connectivity index (χ4v) is 3.19. The Labute approximate surface area is 176 Å². The molecule has 0 aliphatic carbocycles. The Morgan fingerprint density at radius 2 is 1.61 bits per heavy atom. The Hall–Kier alpha value is -3.49. The van der Waals surface area contributed by atoms with Crippen molar-refractivity contribution >= 4 is 16.8 Å². The molecule has 0 atom stereocenters. The number of fused-ring (bicyclic) bond motifs is 1. The van der Waals surface area contributed by atoms with Crippen molar-refractivity contribution in [1.29, 1.82) is 0 Å². The molecule has 0 saturated heterocycles. The van der Waals surface area contributed by atoms with Crippen LogP contribution in [0.2, 0.25) is 0 Å². The van der Waals surface area contributed by atoms with Gasteiger partial charge in [0.2, 0.25) is 0 Å². The van der Waals surface area contributed by atoms with Crippen molar-refractivity contribution in [1.82, 2.24) is 9.88 Å². The van der Waals surface area contributed by atoms with Crippen LogP contribution in [0.5, 0.6) is 11.5 Å². The molecule has 0 aliphatic heterocycles. The van der Waals surface area contributed by atoms with Gasteiger partial charge in [-0.15, -0.1) is 0 Å². The first-order chi connectivity index (χ1) is 14.6. The number of aryl methyl sites for hydroxylation is 1. The van der Waals surface area contributed by atoms with Crippen LogP contribution < -0.4 is 15.0 Å². The van der Waals surface area contributed by atoms with Crippen LogP contribution in [0.15, 0.2) is 47.3 Å². The van der Waals surface area contributed by atoms with Crippen LogP contribution in [0.4, 0.5) is 13.2 Å². The smallest absolute Gasteiger partial charge is 0.471 e. The number of carbonyl (C=O) groups is 1. The van der Waals surface area contributed by atoms with Crippen molar-refractivity contribution < 1.29 is 27.4 Å². The van der Waals surface area contributed by atoms with Crippen LogP contribution in [0, 0.1) is 6.92 Å². The number of aromatic amines is 1. The number of hydrogen-bond donors (Lipinski definition) is 1. The maximum absolute atomic E-state index is 13.2. The molecular formula is C22H21F3N2O4. The number of ether oxygens (including phenoxy) is 2. The molecule has 2 aromatic carbocycles. The summed E-state index contributed by atoms with van der Waals surface area (Å²) in [6, 6.07) is 11.4. The van der Waals surface area contributed by atoms with Gasteiger partial charge in [0.25, 0.3) is 5.56 Å². The van der Waals surface area contributed by atoms with E-state index in [1.807, 2.05) is 6.92 Å².